The van der Waals surface area contributed by atoms with Gasteiger partial charge < -0.3 is 9.47 Å². The molecule has 1 unspecified atom stereocenters. The molecule has 22 heavy (non-hydrogen) atoms. The number of benzene rings is 2. The summed E-state index contributed by atoms with van der Waals surface area (Å²) in [7, 11) is 0. The smallest absolute Gasteiger partial charge is 0.355 e. The maximum absolute atomic E-state index is 12.5. The third-order valence-corrected chi connectivity index (χ3v) is 3.07. The quantitative estimate of drug-likeness (QED) is 0.467. The van der Waals surface area contributed by atoms with Crippen LogP contribution >= 0.6 is 0 Å². The summed E-state index contributed by atoms with van der Waals surface area (Å²) < 4.78 is 10.5. The van der Waals surface area contributed by atoms with E-state index in [-0.39, 0.29) is 6.61 Å². The highest BCUT2D eigenvalue weighted by atomic mass is 16.6. The van der Waals surface area contributed by atoms with E-state index in [2.05, 4.69) is 0 Å². The lowest BCUT2D eigenvalue weighted by Gasteiger charge is -2.16. The van der Waals surface area contributed by atoms with Crippen LogP contribution in [0.25, 0.3) is 0 Å². The van der Waals surface area contributed by atoms with E-state index in [1.807, 2.05) is 19.1 Å². The molecule has 1 atom stereocenters. The summed E-state index contributed by atoms with van der Waals surface area (Å²) >= 11 is 0. The average molecular weight is 298 g/mol. The van der Waals surface area contributed by atoms with Gasteiger partial charge in [0.05, 0.1) is 6.61 Å². The van der Waals surface area contributed by atoms with Crippen LogP contribution in [0.5, 0.6) is 5.75 Å². The summed E-state index contributed by atoms with van der Waals surface area (Å²) in [5.41, 5.74) is 1.47. The lowest BCUT2D eigenvalue weighted by atomic mass is 10.1. The SMILES string of the molecule is CCOC(=O)C(Oc1ccc(C)cc1)C(=O)c1ccccc1. The maximum Gasteiger partial charge on any atom is 0.355 e. The molecule has 4 heteroatoms. The highest BCUT2D eigenvalue weighted by Crippen LogP contribution is 2.16. The molecule has 0 radical (unpaired) electrons. The van der Waals surface area contributed by atoms with Crippen LogP contribution < -0.4 is 4.74 Å². The van der Waals surface area contributed by atoms with Crippen molar-refractivity contribution in [2.24, 2.45) is 0 Å². The van der Waals surface area contributed by atoms with Gasteiger partial charge in [0.1, 0.15) is 5.75 Å². The minimum Gasteiger partial charge on any atom is -0.470 e. The first-order valence-corrected chi connectivity index (χ1v) is 7.11. The molecule has 0 fully saturated rings. The lowest BCUT2D eigenvalue weighted by molar-refractivity contribution is -0.149. The van der Waals surface area contributed by atoms with Crippen molar-refractivity contribution >= 4 is 11.8 Å². The monoisotopic (exact) mass is 298 g/mol. The van der Waals surface area contributed by atoms with Gasteiger partial charge in [-0.1, -0.05) is 48.0 Å². The van der Waals surface area contributed by atoms with E-state index in [0.717, 1.165) is 5.56 Å². The third-order valence-electron chi connectivity index (χ3n) is 3.07. The van der Waals surface area contributed by atoms with E-state index in [1.165, 1.54) is 0 Å². The molecular formula is C18H18O4. The first-order valence-electron chi connectivity index (χ1n) is 7.11. The molecule has 0 heterocycles. The van der Waals surface area contributed by atoms with Crippen molar-refractivity contribution < 1.29 is 19.1 Å². The Morgan fingerprint density at radius 1 is 1.00 bits per heavy atom. The number of ketones is 1. The Labute approximate surface area is 129 Å². The number of hydrogen-bond donors (Lipinski definition) is 0. The zero-order valence-corrected chi connectivity index (χ0v) is 12.6. The lowest BCUT2D eigenvalue weighted by Crippen LogP contribution is -2.37. The molecule has 0 amide bonds. The topological polar surface area (TPSA) is 52.6 Å². The van der Waals surface area contributed by atoms with Crippen molar-refractivity contribution in [3.8, 4) is 5.75 Å². The van der Waals surface area contributed by atoms with Gasteiger partial charge in [0.25, 0.3) is 6.10 Å². The van der Waals surface area contributed by atoms with E-state index < -0.39 is 17.9 Å². The predicted octanol–water partition coefficient (Wildman–Crippen LogP) is 3.19. The van der Waals surface area contributed by atoms with Crippen molar-refractivity contribution in [1.29, 1.82) is 0 Å². The Bertz CT molecular complexity index is 632. The Balaban J connectivity index is 2.24. The normalized spacial score (nSPS) is 11.5. The van der Waals surface area contributed by atoms with E-state index >= 15 is 0 Å². The van der Waals surface area contributed by atoms with Gasteiger partial charge in [-0.15, -0.1) is 0 Å². The zero-order valence-electron chi connectivity index (χ0n) is 12.6. The van der Waals surface area contributed by atoms with Crippen LogP contribution in [0.15, 0.2) is 54.6 Å². The third kappa shape index (κ3) is 3.95. The van der Waals surface area contributed by atoms with Gasteiger partial charge in [-0.2, -0.15) is 0 Å². The summed E-state index contributed by atoms with van der Waals surface area (Å²) in [4.78, 5) is 24.6. The molecule has 4 nitrogen and oxygen atoms in total. The van der Waals surface area contributed by atoms with E-state index in [0.29, 0.717) is 11.3 Å². The van der Waals surface area contributed by atoms with E-state index in [1.54, 1.807) is 49.4 Å². The summed E-state index contributed by atoms with van der Waals surface area (Å²) in [6.45, 7) is 3.82. The molecule has 2 rings (SSSR count). The Morgan fingerprint density at radius 3 is 2.23 bits per heavy atom. The Hall–Kier alpha value is -2.62. The minimum absolute atomic E-state index is 0.189. The number of ether oxygens (including phenoxy) is 2. The van der Waals surface area contributed by atoms with Crippen LogP contribution in [0.3, 0.4) is 0 Å². The molecule has 0 saturated heterocycles. The minimum atomic E-state index is -1.30. The number of rotatable bonds is 6. The molecular weight excluding hydrogens is 280 g/mol. The molecule has 0 aromatic heterocycles. The summed E-state index contributed by atoms with van der Waals surface area (Å²) in [6.07, 6.45) is -1.30. The fraction of sp³-hybridized carbons (Fsp3) is 0.222. The average Bonchev–Trinajstić information content (AvgIpc) is 2.54. The number of aryl methyl sites for hydroxylation is 1. The van der Waals surface area contributed by atoms with Gasteiger partial charge in [-0.25, -0.2) is 4.79 Å². The molecule has 2 aromatic rings. The van der Waals surface area contributed by atoms with Crippen LogP contribution in [-0.2, 0) is 9.53 Å². The summed E-state index contributed by atoms with van der Waals surface area (Å²) in [5.74, 6) is -0.649. The van der Waals surface area contributed by atoms with Crippen molar-refractivity contribution in [2.75, 3.05) is 6.61 Å². The highest BCUT2D eigenvalue weighted by Gasteiger charge is 2.31. The second-order valence-electron chi connectivity index (χ2n) is 4.79. The van der Waals surface area contributed by atoms with Gasteiger partial charge in [-0.05, 0) is 26.0 Å². The Morgan fingerprint density at radius 2 is 1.64 bits per heavy atom. The molecule has 0 saturated carbocycles. The standard InChI is InChI=1S/C18H18O4/c1-3-21-18(20)17(16(19)14-7-5-4-6-8-14)22-15-11-9-13(2)10-12-15/h4-12,17H,3H2,1-2H3. The molecule has 0 spiro atoms. The predicted molar refractivity (Wildman–Crippen MR) is 83.0 cm³/mol. The number of carbonyl (C=O) groups is 2. The number of hydrogen-bond acceptors (Lipinski definition) is 4. The molecule has 2 aromatic carbocycles. The highest BCUT2D eigenvalue weighted by molar-refractivity contribution is 6.11. The van der Waals surface area contributed by atoms with Gasteiger partial charge >= 0.3 is 5.97 Å². The number of esters is 1. The fourth-order valence-corrected chi connectivity index (χ4v) is 1.93. The summed E-state index contributed by atoms with van der Waals surface area (Å²) in [6, 6.07) is 15.7. The molecule has 0 aliphatic carbocycles. The van der Waals surface area contributed by atoms with Gasteiger partial charge in [-0.3, -0.25) is 4.79 Å². The molecule has 0 N–H and O–H groups in total. The van der Waals surface area contributed by atoms with E-state index in [4.69, 9.17) is 9.47 Å². The zero-order chi connectivity index (χ0) is 15.9. The second-order valence-corrected chi connectivity index (χ2v) is 4.79. The van der Waals surface area contributed by atoms with Gasteiger partial charge in [0.15, 0.2) is 0 Å². The number of carbonyl (C=O) groups excluding carboxylic acids is 2. The maximum atomic E-state index is 12.5. The second kappa shape index (κ2) is 7.41. The molecule has 0 aliphatic rings. The first-order chi connectivity index (χ1) is 10.6. The van der Waals surface area contributed by atoms with Crippen LogP contribution in [0.4, 0.5) is 0 Å². The van der Waals surface area contributed by atoms with Crippen LogP contribution in [0, 0.1) is 6.92 Å². The first kappa shape index (κ1) is 15.8. The largest absolute Gasteiger partial charge is 0.470 e. The molecule has 114 valence electrons. The van der Waals surface area contributed by atoms with Gasteiger partial charge in [0.2, 0.25) is 5.78 Å². The Kier molecular flexibility index (Phi) is 5.31. The molecule has 0 bridgehead atoms. The number of Topliss-reactive ketones (excluding diaryl/α,β-unsaturated/α-hetero) is 1. The van der Waals surface area contributed by atoms with Crippen molar-refractivity contribution in [3.05, 3.63) is 65.7 Å². The van der Waals surface area contributed by atoms with Crippen molar-refractivity contribution in [1.82, 2.24) is 0 Å². The van der Waals surface area contributed by atoms with E-state index in [9.17, 15) is 9.59 Å². The van der Waals surface area contributed by atoms with Gasteiger partial charge in [0, 0.05) is 5.56 Å². The van der Waals surface area contributed by atoms with Crippen LogP contribution in [0.1, 0.15) is 22.8 Å². The fourth-order valence-electron chi connectivity index (χ4n) is 1.93. The summed E-state index contributed by atoms with van der Waals surface area (Å²) in [5, 5.41) is 0. The van der Waals surface area contributed by atoms with Crippen LogP contribution in [-0.4, -0.2) is 24.5 Å². The van der Waals surface area contributed by atoms with Crippen molar-refractivity contribution in [3.63, 3.8) is 0 Å². The van der Waals surface area contributed by atoms with Crippen molar-refractivity contribution in [2.45, 2.75) is 20.0 Å². The van der Waals surface area contributed by atoms with Crippen LogP contribution in [0.2, 0.25) is 0 Å². The molecule has 0 aliphatic heterocycles.